The van der Waals surface area contributed by atoms with Crippen LogP contribution in [0.4, 0.5) is 16.0 Å². The first-order chi connectivity index (χ1) is 21.2. The van der Waals surface area contributed by atoms with Crippen LogP contribution in [-0.2, 0) is 21.1 Å². The Morgan fingerprint density at radius 3 is 2.84 bits per heavy atom. The van der Waals surface area contributed by atoms with Crippen molar-refractivity contribution < 1.29 is 36.6 Å². The number of halogens is 2. The van der Waals surface area contributed by atoms with Gasteiger partial charge in [-0.3, -0.25) is 9.78 Å². The van der Waals surface area contributed by atoms with Gasteiger partial charge in [0.05, 0.1) is 48.2 Å². The van der Waals surface area contributed by atoms with Crippen LogP contribution in [0.3, 0.4) is 0 Å². The van der Waals surface area contributed by atoms with Gasteiger partial charge in [-0.1, -0.05) is 0 Å². The molecule has 0 unspecified atom stereocenters. The maximum Gasteiger partial charge on any atom is 0.251 e. The van der Waals surface area contributed by atoms with Gasteiger partial charge in [-0.15, -0.1) is 0 Å². The second kappa shape index (κ2) is 12.5. The summed E-state index contributed by atoms with van der Waals surface area (Å²) in [5.41, 5.74) is -0.905. The van der Waals surface area contributed by atoms with Crippen LogP contribution in [0.2, 0.25) is 0 Å². The Hall–Kier alpha value is -4.08. The molecule has 1 atom stereocenters. The van der Waals surface area contributed by atoms with Crippen molar-refractivity contribution in [3.63, 3.8) is 0 Å². The third-order valence-electron chi connectivity index (χ3n) is 7.02. The van der Waals surface area contributed by atoms with E-state index in [1.54, 1.807) is 31.6 Å². The zero-order valence-corrected chi connectivity index (χ0v) is 25.9. The summed E-state index contributed by atoms with van der Waals surface area (Å²) in [5.74, 6) is 1.86. The maximum absolute atomic E-state index is 14.3. The van der Waals surface area contributed by atoms with Gasteiger partial charge in [-0.05, 0) is 46.3 Å². The molecule has 4 aromatic rings. The Bertz CT molecular complexity index is 1840. The number of carbonyl (C=O) groups is 1. The minimum atomic E-state index is -4.32. The summed E-state index contributed by atoms with van der Waals surface area (Å²) in [4.78, 5) is 28.4. The van der Waals surface area contributed by atoms with E-state index >= 15 is 0 Å². The SMILES string of the molecule is COCCOc1cnc2c(c1)OCCN2c1ccc2cnc(CNC(=O)c3cc(Br)c4c(c3)S(=O)(=O)[C@@H](F)CCO4)cc2n1. The molecule has 1 amide bonds. The number of methoxy groups -OCH3 is 1. The van der Waals surface area contributed by atoms with Gasteiger partial charge in [0.15, 0.2) is 17.3 Å². The molecule has 0 aliphatic carbocycles. The van der Waals surface area contributed by atoms with Crippen LogP contribution < -0.4 is 24.4 Å². The van der Waals surface area contributed by atoms with E-state index < -0.39 is 21.2 Å². The Morgan fingerprint density at radius 2 is 2.00 bits per heavy atom. The van der Waals surface area contributed by atoms with E-state index in [0.717, 1.165) is 11.5 Å². The number of hydrogen-bond donors (Lipinski definition) is 1. The van der Waals surface area contributed by atoms with Gasteiger partial charge in [-0.2, -0.15) is 0 Å². The van der Waals surface area contributed by atoms with Crippen LogP contribution in [0.15, 0.2) is 58.2 Å². The summed E-state index contributed by atoms with van der Waals surface area (Å²) in [5, 5.41) is 3.55. The molecule has 1 aromatic carbocycles. The van der Waals surface area contributed by atoms with Gasteiger partial charge in [0.1, 0.15) is 29.7 Å². The van der Waals surface area contributed by atoms with E-state index in [4.69, 9.17) is 23.9 Å². The van der Waals surface area contributed by atoms with E-state index in [1.165, 1.54) is 6.07 Å². The molecule has 0 radical (unpaired) electrons. The number of nitrogens with zero attached hydrogens (tertiary/aromatic N) is 4. The lowest BCUT2D eigenvalue weighted by atomic mass is 10.2. The molecular weight excluding hydrogens is 661 g/mol. The predicted octanol–water partition coefficient (Wildman–Crippen LogP) is 4.12. The number of benzene rings is 1. The van der Waals surface area contributed by atoms with Crippen LogP contribution in [0.1, 0.15) is 22.5 Å². The highest BCUT2D eigenvalue weighted by atomic mass is 79.9. The number of fused-ring (bicyclic) bond motifs is 3. The number of anilines is 2. The molecule has 0 saturated heterocycles. The van der Waals surface area contributed by atoms with Crippen molar-refractivity contribution in [1.29, 1.82) is 0 Å². The molecule has 44 heavy (non-hydrogen) atoms. The molecule has 1 N–H and O–H groups in total. The third kappa shape index (κ3) is 5.99. The number of rotatable bonds is 8. The van der Waals surface area contributed by atoms with Crippen molar-refractivity contribution in [2.24, 2.45) is 0 Å². The van der Waals surface area contributed by atoms with Gasteiger partial charge in [0.2, 0.25) is 15.3 Å². The largest absolute Gasteiger partial charge is 0.491 e. The second-order valence-corrected chi connectivity index (χ2v) is 12.8. The van der Waals surface area contributed by atoms with Gasteiger partial charge in [0, 0.05) is 36.7 Å². The molecular formula is C29H27BrFN5O7S. The molecule has 2 aliphatic heterocycles. The third-order valence-corrected chi connectivity index (χ3v) is 9.43. The zero-order valence-electron chi connectivity index (χ0n) is 23.5. The van der Waals surface area contributed by atoms with Crippen molar-refractivity contribution in [2.75, 3.05) is 45.0 Å². The predicted molar refractivity (Wildman–Crippen MR) is 161 cm³/mol. The summed E-state index contributed by atoms with van der Waals surface area (Å²) >= 11 is 3.26. The van der Waals surface area contributed by atoms with E-state index in [-0.39, 0.29) is 40.3 Å². The Balaban J connectivity index is 1.20. The van der Waals surface area contributed by atoms with Crippen molar-refractivity contribution in [3.05, 3.63) is 64.5 Å². The number of ether oxygens (including phenoxy) is 4. The Kier molecular flexibility index (Phi) is 8.51. The minimum absolute atomic E-state index is 0.00582. The molecule has 230 valence electrons. The first kappa shape index (κ1) is 30.0. The van der Waals surface area contributed by atoms with E-state index in [1.807, 2.05) is 17.0 Å². The van der Waals surface area contributed by atoms with E-state index in [9.17, 15) is 17.6 Å². The first-order valence-electron chi connectivity index (χ1n) is 13.6. The fourth-order valence-corrected chi connectivity index (χ4v) is 6.90. The lowest BCUT2D eigenvalue weighted by Crippen LogP contribution is -2.30. The number of nitrogens with one attached hydrogen (secondary N) is 1. The topological polar surface area (TPSA) is 142 Å². The highest BCUT2D eigenvalue weighted by Gasteiger charge is 2.35. The number of sulfone groups is 1. The Labute approximate surface area is 260 Å². The molecule has 0 spiro atoms. The zero-order chi connectivity index (χ0) is 30.8. The van der Waals surface area contributed by atoms with Gasteiger partial charge in [0.25, 0.3) is 5.91 Å². The summed E-state index contributed by atoms with van der Waals surface area (Å²) < 4.78 is 61.9. The van der Waals surface area contributed by atoms with Gasteiger partial charge < -0.3 is 29.2 Å². The van der Waals surface area contributed by atoms with Gasteiger partial charge >= 0.3 is 0 Å². The Morgan fingerprint density at radius 1 is 1.14 bits per heavy atom. The van der Waals surface area contributed by atoms with Crippen molar-refractivity contribution >= 4 is 54.2 Å². The van der Waals surface area contributed by atoms with E-state index in [2.05, 4.69) is 31.2 Å². The number of amides is 1. The van der Waals surface area contributed by atoms with Crippen LogP contribution in [-0.4, -0.2) is 74.9 Å². The van der Waals surface area contributed by atoms with Crippen LogP contribution in [0.5, 0.6) is 17.2 Å². The molecule has 12 nitrogen and oxygen atoms in total. The fraction of sp³-hybridized carbons (Fsp3) is 0.310. The average molecular weight is 689 g/mol. The van der Waals surface area contributed by atoms with Crippen LogP contribution in [0, 0.1) is 0 Å². The molecule has 0 bridgehead atoms. The maximum atomic E-state index is 14.3. The normalized spacial score (nSPS) is 17.1. The summed E-state index contributed by atoms with van der Waals surface area (Å²) in [6, 6.07) is 9.90. The average Bonchev–Trinajstić information content (AvgIpc) is 3.14. The molecule has 0 saturated carbocycles. The fourth-order valence-electron chi connectivity index (χ4n) is 4.79. The molecule has 3 aromatic heterocycles. The van der Waals surface area contributed by atoms with Crippen LogP contribution in [0.25, 0.3) is 10.9 Å². The smallest absolute Gasteiger partial charge is 0.251 e. The quantitative estimate of drug-likeness (QED) is 0.267. The molecule has 6 rings (SSSR count). The summed E-state index contributed by atoms with van der Waals surface area (Å²) in [6.45, 7) is 1.76. The van der Waals surface area contributed by atoms with Crippen molar-refractivity contribution in [2.45, 2.75) is 23.4 Å². The lowest BCUT2D eigenvalue weighted by Gasteiger charge is -2.29. The molecule has 2 aliphatic rings. The molecule has 5 heterocycles. The summed E-state index contributed by atoms with van der Waals surface area (Å²) in [6.07, 6.45) is 2.99. The van der Waals surface area contributed by atoms with Gasteiger partial charge in [-0.25, -0.2) is 22.8 Å². The minimum Gasteiger partial charge on any atom is -0.491 e. The number of aromatic nitrogens is 3. The molecule has 0 fully saturated rings. The lowest BCUT2D eigenvalue weighted by molar-refractivity contribution is 0.0950. The summed E-state index contributed by atoms with van der Waals surface area (Å²) in [7, 11) is -2.71. The number of hydrogen-bond acceptors (Lipinski definition) is 11. The van der Waals surface area contributed by atoms with Crippen molar-refractivity contribution in [3.8, 4) is 17.2 Å². The highest BCUT2D eigenvalue weighted by Crippen LogP contribution is 2.39. The van der Waals surface area contributed by atoms with Crippen LogP contribution >= 0.6 is 15.9 Å². The number of carbonyl (C=O) groups excluding carboxylic acids is 1. The van der Waals surface area contributed by atoms with Crippen molar-refractivity contribution in [1.82, 2.24) is 20.3 Å². The molecule has 15 heteroatoms. The number of pyridine rings is 3. The first-order valence-corrected chi connectivity index (χ1v) is 16.0. The standard InChI is InChI=1S/C29H27BrFN5O7S/c1-40-8-9-41-20-13-23-28(33-16-20)36(5-7-42-23)26-3-2-17-14-32-19(12-22(17)35-26)15-34-29(37)18-10-21(30)27-24(11-18)44(38,39)25(31)4-6-43-27/h2-3,10-14,16,25H,4-9,15H2,1H3,(H,34,37)/t25-/m1/s1. The van der Waals surface area contributed by atoms with E-state index in [0.29, 0.717) is 60.7 Å². The highest BCUT2D eigenvalue weighted by molar-refractivity contribution is 9.10. The monoisotopic (exact) mass is 687 g/mol. The second-order valence-electron chi connectivity index (χ2n) is 9.93. The number of alkyl halides is 1.